The monoisotopic (exact) mass is 461 g/mol. The van der Waals surface area contributed by atoms with Gasteiger partial charge < -0.3 is 15.5 Å². The van der Waals surface area contributed by atoms with E-state index >= 15 is 0 Å². The zero-order chi connectivity index (χ0) is 23.6. The van der Waals surface area contributed by atoms with Gasteiger partial charge in [-0.05, 0) is 49.9 Å². The Labute approximate surface area is 190 Å². The fourth-order valence-electron chi connectivity index (χ4n) is 4.34. The first kappa shape index (κ1) is 23.2. The number of halogens is 4. The van der Waals surface area contributed by atoms with Crippen molar-refractivity contribution in [1.82, 2.24) is 15.3 Å². The predicted molar refractivity (Wildman–Crippen MR) is 122 cm³/mol. The molecule has 0 atom stereocenters. The molecule has 33 heavy (non-hydrogen) atoms. The van der Waals surface area contributed by atoms with Crippen molar-refractivity contribution in [2.45, 2.75) is 50.5 Å². The van der Waals surface area contributed by atoms with Gasteiger partial charge in [-0.1, -0.05) is 18.2 Å². The van der Waals surface area contributed by atoms with Gasteiger partial charge in [-0.3, -0.25) is 0 Å². The van der Waals surface area contributed by atoms with E-state index in [-0.39, 0.29) is 24.2 Å². The molecule has 1 fully saturated rings. The Morgan fingerprint density at radius 3 is 2.33 bits per heavy atom. The van der Waals surface area contributed by atoms with E-state index in [1.165, 1.54) is 0 Å². The van der Waals surface area contributed by atoms with Gasteiger partial charge in [0.1, 0.15) is 11.6 Å². The molecular weight excluding hydrogens is 434 g/mol. The Morgan fingerprint density at radius 1 is 0.939 bits per heavy atom. The number of nitrogens with one attached hydrogen (secondary N) is 2. The van der Waals surface area contributed by atoms with Crippen LogP contribution in [0.1, 0.15) is 36.8 Å². The molecule has 1 aliphatic carbocycles. The van der Waals surface area contributed by atoms with E-state index in [9.17, 15) is 17.6 Å². The van der Waals surface area contributed by atoms with Gasteiger partial charge in [-0.2, -0.15) is 18.2 Å². The Morgan fingerprint density at radius 2 is 1.64 bits per heavy atom. The zero-order valence-corrected chi connectivity index (χ0v) is 18.6. The first-order chi connectivity index (χ1) is 15.7. The SMILES string of the molecule is CN(C)c1nc(NC2CCC(NCc3c(F)cccc3C(F)(F)F)CC2)nc2ccccc12. The molecule has 0 aliphatic heterocycles. The second-order valence-electron chi connectivity index (χ2n) is 8.62. The number of anilines is 2. The maximum atomic E-state index is 14.1. The molecule has 0 radical (unpaired) electrons. The van der Waals surface area contributed by atoms with Crippen LogP contribution in [0.15, 0.2) is 42.5 Å². The first-order valence-electron chi connectivity index (χ1n) is 11.0. The summed E-state index contributed by atoms with van der Waals surface area (Å²) in [5.74, 6) is 0.566. The van der Waals surface area contributed by atoms with Crippen molar-refractivity contribution in [1.29, 1.82) is 0 Å². The van der Waals surface area contributed by atoms with Crippen LogP contribution in [0.5, 0.6) is 0 Å². The predicted octanol–water partition coefficient (Wildman–Crippen LogP) is 5.37. The topological polar surface area (TPSA) is 53.1 Å². The van der Waals surface area contributed by atoms with Crippen LogP contribution < -0.4 is 15.5 Å². The Bertz CT molecular complexity index is 1110. The first-order valence-corrected chi connectivity index (χ1v) is 11.0. The fourth-order valence-corrected chi connectivity index (χ4v) is 4.34. The lowest BCUT2D eigenvalue weighted by molar-refractivity contribution is -0.138. The highest BCUT2D eigenvalue weighted by Crippen LogP contribution is 2.33. The van der Waals surface area contributed by atoms with Crippen molar-refractivity contribution in [3.63, 3.8) is 0 Å². The average Bonchev–Trinajstić information content (AvgIpc) is 2.78. The van der Waals surface area contributed by atoms with Gasteiger partial charge in [0.15, 0.2) is 0 Å². The molecule has 0 amide bonds. The van der Waals surface area contributed by atoms with E-state index in [1.54, 1.807) is 0 Å². The second kappa shape index (κ2) is 9.51. The smallest absolute Gasteiger partial charge is 0.362 e. The molecule has 2 N–H and O–H groups in total. The summed E-state index contributed by atoms with van der Waals surface area (Å²) in [6.07, 6.45) is -1.42. The summed E-state index contributed by atoms with van der Waals surface area (Å²) >= 11 is 0. The largest absolute Gasteiger partial charge is 0.416 e. The molecule has 1 aliphatic rings. The second-order valence-corrected chi connectivity index (χ2v) is 8.62. The molecule has 0 saturated heterocycles. The molecule has 1 saturated carbocycles. The molecular formula is C24H27F4N5. The van der Waals surface area contributed by atoms with Crippen molar-refractivity contribution >= 4 is 22.7 Å². The summed E-state index contributed by atoms with van der Waals surface area (Å²) < 4.78 is 53.7. The Hall–Kier alpha value is -2.94. The van der Waals surface area contributed by atoms with Crippen molar-refractivity contribution in [2.75, 3.05) is 24.3 Å². The lowest BCUT2D eigenvalue weighted by Crippen LogP contribution is -2.37. The maximum absolute atomic E-state index is 14.1. The summed E-state index contributed by atoms with van der Waals surface area (Å²) in [5.41, 5.74) is -0.388. The van der Waals surface area contributed by atoms with E-state index in [0.717, 1.165) is 60.6 Å². The van der Waals surface area contributed by atoms with Gasteiger partial charge in [-0.25, -0.2) is 9.37 Å². The summed E-state index contributed by atoms with van der Waals surface area (Å²) in [6, 6.07) is 11.1. The number of aromatic nitrogens is 2. The molecule has 0 unspecified atom stereocenters. The molecule has 0 spiro atoms. The quantitative estimate of drug-likeness (QED) is 0.484. The molecule has 3 aromatic rings. The molecule has 5 nitrogen and oxygen atoms in total. The third-order valence-electron chi connectivity index (χ3n) is 6.06. The van der Waals surface area contributed by atoms with E-state index in [4.69, 9.17) is 0 Å². The number of nitrogens with zero attached hydrogens (tertiary/aromatic N) is 3. The van der Waals surface area contributed by atoms with E-state index < -0.39 is 17.6 Å². The standard InChI is InChI=1S/C24H27F4N5/c1-33(2)22-17-6-3-4-9-21(17)31-23(32-22)30-16-12-10-15(11-13-16)29-14-18-19(24(26,27)28)7-5-8-20(18)25/h3-9,15-16,29H,10-14H2,1-2H3,(H,30,31,32). The van der Waals surface area contributed by atoms with Gasteiger partial charge in [0.2, 0.25) is 5.95 Å². The van der Waals surface area contributed by atoms with Crippen LogP contribution in [0, 0.1) is 5.82 Å². The molecule has 1 heterocycles. The minimum atomic E-state index is -4.58. The number of hydrogen-bond acceptors (Lipinski definition) is 5. The zero-order valence-electron chi connectivity index (χ0n) is 18.6. The van der Waals surface area contributed by atoms with Crippen molar-refractivity contribution in [3.05, 3.63) is 59.4 Å². The number of benzene rings is 2. The highest BCUT2D eigenvalue weighted by molar-refractivity contribution is 5.90. The van der Waals surface area contributed by atoms with E-state index in [0.29, 0.717) is 5.95 Å². The van der Waals surface area contributed by atoms with Gasteiger partial charge in [0.25, 0.3) is 0 Å². The van der Waals surface area contributed by atoms with Gasteiger partial charge in [0.05, 0.1) is 11.1 Å². The normalized spacial score (nSPS) is 19.0. The summed E-state index contributed by atoms with van der Waals surface area (Å²) in [5, 5.41) is 7.51. The number of rotatable bonds is 6. The number of para-hydroxylation sites is 1. The molecule has 2 aromatic carbocycles. The number of hydrogen-bond donors (Lipinski definition) is 2. The van der Waals surface area contributed by atoms with E-state index in [1.807, 2.05) is 43.3 Å². The van der Waals surface area contributed by atoms with Gasteiger partial charge >= 0.3 is 6.18 Å². The summed E-state index contributed by atoms with van der Waals surface area (Å²) in [4.78, 5) is 11.3. The van der Waals surface area contributed by atoms with Crippen LogP contribution in [0.4, 0.5) is 29.3 Å². The third-order valence-corrected chi connectivity index (χ3v) is 6.06. The van der Waals surface area contributed by atoms with Crippen LogP contribution in [-0.2, 0) is 12.7 Å². The Kier molecular flexibility index (Phi) is 6.69. The van der Waals surface area contributed by atoms with Crippen LogP contribution in [0.25, 0.3) is 10.9 Å². The van der Waals surface area contributed by atoms with E-state index in [2.05, 4.69) is 20.6 Å². The lowest BCUT2D eigenvalue weighted by atomic mass is 9.91. The molecule has 176 valence electrons. The number of fused-ring (bicyclic) bond motifs is 1. The minimum Gasteiger partial charge on any atom is -0.362 e. The van der Waals surface area contributed by atoms with Gasteiger partial charge in [-0.15, -0.1) is 0 Å². The van der Waals surface area contributed by atoms with Crippen LogP contribution in [-0.4, -0.2) is 36.1 Å². The molecule has 0 bridgehead atoms. The maximum Gasteiger partial charge on any atom is 0.416 e. The highest BCUT2D eigenvalue weighted by Gasteiger charge is 2.34. The van der Waals surface area contributed by atoms with Crippen molar-refractivity contribution in [3.8, 4) is 0 Å². The van der Waals surface area contributed by atoms with Crippen molar-refractivity contribution < 1.29 is 17.6 Å². The third kappa shape index (κ3) is 5.35. The van der Waals surface area contributed by atoms with Crippen LogP contribution in [0.3, 0.4) is 0 Å². The number of alkyl halides is 3. The fraction of sp³-hybridized carbons (Fsp3) is 0.417. The van der Waals surface area contributed by atoms with Gasteiger partial charge in [0, 0.05) is 43.7 Å². The molecule has 4 rings (SSSR count). The summed E-state index contributed by atoms with van der Waals surface area (Å²) in [6.45, 7) is -0.149. The lowest BCUT2D eigenvalue weighted by Gasteiger charge is -2.30. The molecule has 1 aromatic heterocycles. The molecule has 9 heteroatoms. The minimum absolute atomic E-state index is 0.0265. The van der Waals surface area contributed by atoms with Crippen molar-refractivity contribution in [2.24, 2.45) is 0 Å². The van der Waals surface area contributed by atoms with Crippen LogP contribution in [0.2, 0.25) is 0 Å². The summed E-state index contributed by atoms with van der Waals surface area (Å²) in [7, 11) is 3.88. The average molecular weight is 462 g/mol. The highest BCUT2D eigenvalue weighted by atomic mass is 19.4. The van der Waals surface area contributed by atoms with Crippen LogP contribution >= 0.6 is 0 Å². The Balaban J connectivity index is 1.37.